The molecule has 1 amide bonds. The quantitative estimate of drug-likeness (QED) is 0.839. The summed E-state index contributed by atoms with van der Waals surface area (Å²) in [5, 5.41) is 3.04. The van der Waals surface area contributed by atoms with Crippen LogP contribution >= 0.6 is 0 Å². The van der Waals surface area contributed by atoms with Crippen molar-refractivity contribution in [2.45, 2.75) is 37.3 Å². The molecule has 1 fully saturated rings. The molecular formula is C17H27N3O2. The van der Waals surface area contributed by atoms with Crippen molar-refractivity contribution in [3.8, 4) is 5.75 Å². The number of hydrogen-bond donors (Lipinski definition) is 2. The Labute approximate surface area is 132 Å². The summed E-state index contributed by atoms with van der Waals surface area (Å²) >= 11 is 0. The minimum atomic E-state index is -0.675. The Morgan fingerprint density at radius 3 is 2.68 bits per heavy atom. The van der Waals surface area contributed by atoms with E-state index in [4.69, 9.17) is 10.5 Å². The van der Waals surface area contributed by atoms with Crippen molar-refractivity contribution in [3.05, 3.63) is 29.8 Å². The van der Waals surface area contributed by atoms with Crippen molar-refractivity contribution in [2.24, 2.45) is 5.73 Å². The van der Waals surface area contributed by atoms with E-state index < -0.39 is 5.54 Å². The second kappa shape index (κ2) is 7.11. The average molecular weight is 305 g/mol. The number of benzene rings is 1. The third-order valence-corrected chi connectivity index (χ3v) is 4.51. The molecule has 0 bridgehead atoms. The average Bonchev–Trinajstić information content (AvgIpc) is 2.95. The van der Waals surface area contributed by atoms with Crippen molar-refractivity contribution in [1.29, 1.82) is 0 Å². The molecule has 22 heavy (non-hydrogen) atoms. The Bertz CT molecular complexity index is 510. The lowest BCUT2D eigenvalue weighted by molar-refractivity contribution is -0.126. The van der Waals surface area contributed by atoms with Gasteiger partial charge in [0.25, 0.3) is 0 Å². The van der Waals surface area contributed by atoms with Crippen LogP contribution in [0.1, 0.15) is 37.3 Å². The number of likely N-dealkylation sites (N-methyl/N-ethyl adjacent to an activating group) is 1. The van der Waals surface area contributed by atoms with Crippen LogP contribution in [0.4, 0.5) is 0 Å². The molecule has 1 aromatic carbocycles. The van der Waals surface area contributed by atoms with E-state index in [1.165, 1.54) is 0 Å². The number of hydrogen-bond acceptors (Lipinski definition) is 4. The van der Waals surface area contributed by atoms with E-state index in [0.29, 0.717) is 6.54 Å². The number of nitrogens with one attached hydrogen (secondary N) is 1. The summed E-state index contributed by atoms with van der Waals surface area (Å²) in [6.07, 6.45) is 3.64. The van der Waals surface area contributed by atoms with Crippen LogP contribution in [0, 0.1) is 0 Å². The highest BCUT2D eigenvalue weighted by atomic mass is 16.5. The van der Waals surface area contributed by atoms with Gasteiger partial charge in [-0.2, -0.15) is 0 Å². The molecule has 1 saturated carbocycles. The topological polar surface area (TPSA) is 67.6 Å². The van der Waals surface area contributed by atoms with Crippen LogP contribution in [0.5, 0.6) is 5.75 Å². The number of nitrogens with two attached hydrogens (primary N) is 1. The summed E-state index contributed by atoms with van der Waals surface area (Å²) in [5.41, 5.74) is 6.64. The van der Waals surface area contributed by atoms with Gasteiger partial charge >= 0.3 is 0 Å². The molecule has 0 saturated heterocycles. The third kappa shape index (κ3) is 3.78. The summed E-state index contributed by atoms with van der Waals surface area (Å²) in [6.45, 7) is 0.540. The Hall–Kier alpha value is -1.59. The monoisotopic (exact) mass is 305 g/mol. The largest absolute Gasteiger partial charge is 0.497 e. The van der Waals surface area contributed by atoms with Gasteiger partial charge in [-0.05, 0) is 44.6 Å². The van der Waals surface area contributed by atoms with Gasteiger partial charge in [-0.15, -0.1) is 0 Å². The molecule has 1 aliphatic carbocycles. The van der Waals surface area contributed by atoms with Crippen LogP contribution in [-0.4, -0.2) is 44.1 Å². The number of ether oxygens (including phenoxy) is 1. The third-order valence-electron chi connectivity index (χ3n) is 4.51. The van der Waals surface area contributed by atoms with Crippen molar-refractivity contribution < 1.29 is 9.53 Å². The minimum Gasteiger partial charge on any atom is -0.497 e. The lowest BCUT2D eigenvalue weighted by Gasteiger charge is -2.28. The smallest absolute Gasteiger partial charge is 0.240 e. The SMILES string of the molecule is COc1cccc(C(CNC(=O)C2(N)CCCC2)N(C)C)c1. The van der Waals surface area contributed by atoms with Gasteiger partial charge in [-0.25, -0.2) is 0 Å². The van der Waals surface area contributed by atoms with E-state index in [1.54, 1.807) is 7.11 Å². The van der Waals surface area contributed by atoms with E-state index >= 15 is 0 Å². The molecule has 0 aliphatic heterocycles. The van der Waals surface area contributed by atoms with Crippen molar-refractivity contribution in [2.75, 3.05) is 27.7 Å². The highest BCUT2D eigenvalue weighted by Crippen LogP contribution is 2.28. The Morgan fingerprint density at radius 1 is 1.41 bits per heavy atom. The van der Waals surface area contributed by atoms with E-state index in [-0.39, 0.29) is 11.9 Å². The van der Waals surface area contributed by atoms with E-state index in [0.717, 1.165) is 37.0 Å². The first-order valence-corrected chi connectivity index (χ1v) is 7.84. The highest BCUT2D eigenvalue weighted by molar-refractivity contribution is 5.86. The van der Waals surface area contributed by atoms with Gasteiger partial charge in [0.05, 0.1) is 18.7 Å². The molecule has 0 aromatic heterocycles. The summed E-state index contributed by atoms with van der Waals surface area (Å²) in [6, 6.07) is 8.03. The zero-order valence-corrected chi connectivity index (χ0v) is 13.8. The van der Waals surface area contributed by atoms with Gasteiger partial charge < -0.3 is 20.7 Å². The zero-order valence-electron chi connectivity index (χ0n) is 13.8. The second-order valence-corrected chi connectivity index (χ2v) is 6.33. The standard InChI is InChI=1S/C17H27N3O2/c1-20(2)15(13-7-6-8-14(11-13)22-3)12-19-16(21)17(18)9-4-5-10-17/h6-8,11,15H,4-5,9-10,12,18H2,1-3H3,(H,19,21). The summed E-state index contributed by atoms with van der Waals surface area (Å²) in [7, 11) is 5.66. The van der Waals surface area contributed by atoms with Crippen molar-refractivity contribution >= 4 is 5.91 Å². The first kappa shape index (κ1) is 16.8. The first-order valence-electron chi connectivity index (χ1n) is 7.84. The fourth-order valence-corrected chi connectivity index (χ4v) is 3.05. The molecule has 2 rings (SSSR count). The minimum absolute atomic E-state index is 0.0280. The van der Waals surface area contributed by atoms with Crippen LogP contribution < -0.4 is 15.8 Å². The van der Waals surface area contributed by atoms with Gasteiger partial charge in [0.1, 0.15) is 5.75 Å². The Balaban J connectivity index is 2.04. The Morgan fingerprint density at radius 2 is 2.09 bits per heavy atom. The molecule has 1 aliphatic rings. The van der Waals surface area contributed by atoms with Crippen LogP contribution in [0.2, 0.25) is 0 Å². The number of carbonyl (C=O) groups is 1. The summed E-state index contributed by atoms with van der Waals surface area (Å²) in [5.74, 6) is 0.793. The molecule has 1 unspecified atom stereocenters. The fourth-order valence-electron chi connectivity index (χ4n) is 3.05. The van der Waals surface area contributed by atoms with E-state index in [1.807, 2.05) is 38.4 Å². The highest BCUT2D eigenvalue weighted by Gasteiger charge is 2.37. The van der Waals surface area contributed by atoms with Gasteiger partial charge in [-0.3, -0.25) is 4.79 Å². The zero-order chi connectivity index (χ0) is 16.2. The van der Waals surface area contributed by atoms with Gasteiger partial charge in [0, 0.05) is 6.54 Å². The molecule has 1 atom stereocenters. The maximum Gasteiger partial charge on any atom is 0.240 e. The predicted octanol–water partition coefficient (Wildman–Crippen LogP) is 1.69. The first-order chi connectivity index (χ1) is 10.5. The normalized spacial score (nSPS) is 18.2. The molecule has 122 valence electrons. The summed E-state index contributed by atoms with van der Waals surface area (Å²) < 4.78 is 5.28. The number of methoxy groups -OCH3 is 1. The predicted molar refractivity (Wildman–Crippen MR) is 87.8 cm³/mol. The van der Waals surface area contributed by atoms with Crippen LogP contribution in [0.3, 0.4) is 0 Å². The molecule has 0 spiro atoms. The maximum absolute atomic E-state index is 12.4. The molecule has 5 heteroatoms. The molecule has 1 aromatic rings. The van der Waals surface area contributed by atoms with Crippen LogP contribution in [-0.2, 0) is 4.79 Å². The molecule has 3 N–H and O–H groups in total. The summed E-state index contributed by atoms with van der Waals surface area (Å²) in [4.78, 5) is 14.5. The van der Waals surface area contributed by atoms with E-state index in [9.17, 15) is 4.79 Å². The van der Waals surface area contributed by atoms with Crippen LogP contribution in [0.15, 0.2) is 24.3 Å². The molecule has 0 heterocycles. The van der Waals surface area contributed by atoms with E-state index in [2.05, 4.69) is 10.2 Å². The van der Waals surface area contributed by atoms with Crippen molar-refractivity contribution in [3.63, 3.8) is 0 Å². The number of amides is 1. The molecule has 5 nitrogen and oxygen atoms in total. The van der Waals surface area contributed by atoms with Gasteiger partial charge in [0.2, 0.25) is 5.91 Å². The lowest BCUT2D eigenvalue weighted by Crippen LogP contribution is -2.53. The number of nitrogens with zero attached hydrogens (tertiary/aromatic N) is 1. The number of rotatable bonds is 6. The fraction of sp³-hybridized carbons (Fsp3) is 0.588. The Kier molecular flexibility index (Phi) is 5.42. The maximum atomic E-state index is 12.4. The van der Waals surface area contributed by atoms with Gasteiger partial charge in [-0.1, -0.05) is 25.0 Å². The van der Waals surface area contributed by atoms with Crippen molar-refractivity contribution in [1.82, 2.24) is 10.2 Å². The van der Waals surface area contributed by atoms with Gasteiger partial charge in [0.15, 0.2) is 0 Å². The van der Waals surface area contributed by atoms with Crippen LogP contribution in [0.25, 0.3) is 0 Å². The molecule has 0 radical (unpaired) electrons. The lowest BCUT2D eigenvalue weighted by atomic mass is 9.97. The molecular weight excluding hydrogens is 278 g/mol. The second-order valence-electron chi connectivity index (χ2n) is 6.33. The number of carbonyl (C=O) groups excluding carboxylic acids is 1.